The van der Waals surface area contributed by atoms with Gasteiger partial charge < -0.3 is 5.32 Å². The summed E-state index contributed by atoms with van der Waals surface area (Å²) >= 11 is 5.69. The molecule has 1 aromatic rings. The van der Waals surface area contributed by atoms with E-state index in [0.717, 1.165) is 12.0 Å². The van der Waals surface area contributed by atoms with Crippen LogP contribution in [0.1, 0.15) is 24.2 Å². The summed E-state index contributed by atoms with van der Waals surface area (Å²) in [5.41, 5.74) is 1.25. The van der Waals surface area contributed by atoms with Crippen LogP contribution in [0.3, 0.4) is 0 Å². The highest BCUT2D eigenvalue weighted by Crippen LogP contribution is 2.17. The molecule has 0 fully saturated rings. The third kappa shape index (κ3) is 2.70. The first-order chi connectivity index (χ1) is 6.13. The summed E-state index contributed by atoms with van der Waals surface area (Å²) in [6.45, 7) is 3.98. The Kier molecular flexibility index (Phi) is 3.25. The van der Waals surface area contributed by atoms with E-state index >= 15 is 0 Å². The zero-order valence-electron chi connectivity index (χ0n) is 7.54. The average Bonchev–Trinajstić information content (AvgIpc) is 2.03. The number of hydrogen-bond donors (Lipinski definition) is 1. The predicted molar refractivity (Wildman–Crippen MR) is 53.4 cm³/mol. The molecule has 0 saturated carbocycles. The number of nitrogens with zero attached hydrogens (tertiary/aromatic N) is 1. The highest BCUT2D eigenvalue weighted by Gasteiger charge is 2.04. The number of halogens is 1. The molecule has 0 aliphatic rings. The monoisotopic (exact) mass is 198 g/mol. The van der Waals surface area contributed by atoms with Crippen LogP contribution in [0.5, 0.6) is 0 Å². The molecule has 4 heteroatoms. The van der Waals surface area contributed by atoms with E-state index in [0.29, 0.717) is 10.7 Å². The maximum atomic E-state index is 10.6. The molecular weight excluding hydrogens is 188 g/mol. The Morgan fingerprint density at radius 1 is 1.62 bits per heavy atom. The third-order valence-electron chi connectivity index (χ3n) is 1.47. The van der Waals surface area contributed by atoms with Gasteiger partial charge in [-0.05, 0) is 19.9 Å². The molecule has 0 amide bonds. The number of anilines is 1. The van der Waals surface area contributed by atoms with Crippen molar-refractivity contribution in [2.75, 3.05) is 5.32 Å². The van der Waals surface area contributed by atoms with Crippen LogP contribution in [0.2, 0.25) is 5.15 Å². The summed E-state index contributed by atoms with van der Waals surface area (Å²) in [6.07, 6.45) is 2.22. The lowest BCUT2D eigenvalue weighted by atomic mass is 10.2. The second-order valence-electron chi connectivity index (χ2n) is 3.01. The molecule has 1 aromatic heterocycles. The predicted octanol–water partition coefficient (Wildman–Crippen LogP) is 2.37. The first kappa shape index (κ1) is 9.99. The molecule has 0 saturated heterocycles. The molecule has 1 N–H and O–H groups in total. The minimum atomic E-state index is 0.261. The lowest BCUT2D eigenvalue weighted by molar-refractivity contribution is 0.112. The van der Waals surface area contributed by atoms with E-state index in [9.17, 15) is 4.79 Å². The molecule has 3 nitrogen and oxygen atoms in total. The molecule has 0 unspecified atom stereocenters. The number of rotatable bonds is 3. The van der Waals surface area contributed by atoms with Crippen molar-refractivity contribution in [1.82, 2.24) is 4.98 Å². The second kappa shape index (κ2) is 4.23. The van der Waals surface area contributed by atoms with Crippen LogP contribution >= 0.6 is 11.6 Å². The Labute approximate surface area is 82.1 Å². The van der Waals surface area contributed by atoms with E-state index in [1.807, 2.05) is 13.8 Å². The fraction of sp³-hybridized carbons (Fsp3) is 0.333. The molecule has 1 rings (SSSR count). The van der Waals surface area contributed by atoms with Gasteiger partial charge in [-0.15, -0.1) is 0 Å². The summed E-state index contributed by atoms with van der Waals surface area (Å²) < 4.78 is 0. The van der Waals surface area contributed by atoms with E-state index in [4.69, 9.17) is 11.6 Å². The molecular formula is C9H11ClN2O. The topological polar surface area (TPSA) is 42.0 Å². The van der Waals surface area contributed by atoms with Gasteiger partial charge in [-0.3, -0.25) is 4.79 Å². The summed E-state index contributed by atoms with van der Waals surface area (Å²) in [5.74, 6) is 0. The van der Waals surface area contributed by atoms with E-state index < -0.39 is 0 Å². The number of carbonyl (C=O) groups excluding carboxylic acids is 1. The van der Waals surface area contributed by atoms with Crippen molar-refractivity contribution in [3.8, 4) is 0 Å². The number of pyridine rings is 1. The number of carbonyl (C=O) groups is 1. The molecule has 0 aromatic carbocycles. The van der Waals surface area contributed by atoms with Crippen LogP contribution < -0.4 is 5.32 Å². The number of nitrogens with one attached hydrogen (secondary N) is 1. The summed E-state index contributed by atoms with van der Waals surface area (Å²) in [5, 5.41) is 3.49. The summed E-state index contributed by atoms with van der Waals surface area (Å²) in [6, 6.07) is 1.91. The van der Waals surface area contributed by atoms with Gasteiger partial charge in [0.1, 0.15) is 5.15 Å². The van der Waals surface area contributed by atoms with Crippen molar-refractivity contribution in [2.45, 2.75) is 19.9 Å². The van der Waals surface area contributed by atoms with E-state index in [1.54, 1.807) is 6.07 Å². The van der Waals surface area contributed by atoms with Crippen molar-refractivity contribution in [1.29, 1.82) is 0 Å². The van der Waals surface area contributed by atoms with Gasteiger partial charge in [0.2, 0.25) is 0 Å². The Bertz CT molecular complexity index is 312. The van der Waals surface area contributed by atoms with E-state index in [-0.39, 0.29) is 6.04 Å². The second-order valence-corrected chi connectivity index (χ2v) is 3.40. The Morgan fingerprint density at radius 3 is 2.85 bits per heavy atom. The van der Waals surface area contributed by atoms with Crippen molar-refractivity contribution in [2.24, 2.45) is 0 Å². The third-order valence-corrected chi connectivity index (χ3v) is 1.68. The van der Waals surface area contributed by atoms with Crippen molar-refractivity contribution >= 4 is 23.6 Å². The first-order valence-electron chi connectivity index (χ1n) is 4.00. The van der Waals surface area contributed by atoms with Gasteiger partial charge in [-0.25, -0.2) is 4.98 Å². The van der Waals surface area contributed by atoms with Gasteiger partial charge in [0, 0.05) is 17.9 Å². The zero-order chi connectivity index (χ0) is 9.84. The van der Waals surface area contributed by atoms with Gasteiger partial charge in [0.25, 0.3) is 0 Å². The Balaban J connectivity index is 3.01. The molecule has 1 heterocycles. The van der Waals surface area contributed by atoms with Gasteiger partial charge in [0.15, 0.2) is 6.29 Å². The van der Waals surface area contributed by atoms with Crippen molar-refractivity contribution in [3.63, 3.8) is 0 Å². The van der Waals surface area contributed by atoms with Gasteiger partial charge in [-0.2, -0.15) is 0 Å². The molecule has 0 aliphatic heterocycles. The van der Waals surface area contributed by atoms with Gasteiger partial charge in [-0.1, -0.05) is 11.6 Å². The smallest absolute Gasteiger partial charge is 0.153 e. The lowest BCUT2D eigenvalue weighted by Crippen LogP contribution is -2.11. The van der Waals surface area contributed by atoms with Crippen LogP contribution in [0.15, 0.2) is 12.3 Å². The quantitative estimate of drug-likeness (QED) is 0.599. The number of aldehydes is 1. The molecule has 0 radical (unpaired) electrons. The summed E-state index contributed by atoms with van der Waals surface area (Å²) in [4.78, 5) is 14.4. The van der Waals surface area contributed by atoms with Gasteiger partial charge in [0.05, 0.1) is 5.56 Å². The minimum Gasteiger partial charge on any atom is -0.382 e. The number of aromatic nitrogens is 1. The first-order valence-corrected chi connectivity index (χ1v) is 4.38. The van der Waals surface area contributed by atoms with Crippen LogP contribution in [0.25, 0.3) is 0 Å². The van der Waals surface area contributed by atoms with Crippen LogP contribution in [-0.4, -0.2) is 17.3 Å². The molecule has 13 heavy (non-hydrogen) atoms. The fourth-order valence-corrected chi connectivity index (χ4v) is 1.13. The maximum Gasteiger partial charge on any atom is 0.153 e. The molecule has 0 bridgehead atoms. The standard InChI is InChI=1S/C9H11ClN2O/c1-6(2)12-8-3-9(10)11-4-7(8)5-13/h3-6H,1-2H3,(H,11,12). The highest BCUT2D eigenvalue weighted by atomic mass is 35.5. The highest BCUT2D eigenvalue weighted by molar-refractivity contribution is 6.29. The minimum absolute atomic E-state index is 0.261. The largest absolute Gasteiger partial charge is 0.382 e. The lowest BCUT2D eigenvalue weighted by Gasteiger charge is -2.11. The number of hydrogen-bond acceptors (Lipinski definition) is 3. The fourth-order valence-electron chi connectivity index (χ4n) is 0.970. The summed E-state index contributed by atoms with van der Waals surface area (Å²) in [7, 11) is 0. The van der Waals surface area contributed by atoms with Crippen LogP contribution in [-0.2, 0) is 0 Å². The molecule has 70 valence electrons. The average molecular weight is 199 g/mol. The normalized spacial score (nSPS) is 10.2. The molecule has 0 atom stereocenters. The van der Waals surface area contributed by atoms with E-state index in [1.165, 1.54) is 6.20 Å². The van der Waals surface area contributed by atoms with Crippen molar-refractivity contribution in [3.05, 3.63) is 23.0 Å². The maximum absolute atomic E-state index is 10.6. The van der Waals surface area contributed by atoms with E-state index in [2.05, 4.69) is 10.3 Å². The molecule has 0 aliphatic carbocycles. The SMILES string of the molecule is CC(C)Nc1cc(Cl)ncc1C=O. The Morgan fingerprint density at radius 2 is 2.31 bits per heavy atom. The van der Waals surface area contributed by atoms with Gasteiger partial charge >= 0.3 is 0 Å². The Hall–Kier alpha value is -1.09. The van der Waals surface area contributed by atoms with Crippen LogP contribution in [0.4, 0.5) is 5.69 Å². The van der Waals surface area contributed by atoms with Crippen molar-refractivity contribution < 1.29 is 4.79 Å². The van der Waals surface area contributed by atoms with Crippen LogP contribution in [0, 0.1) is 0 Å². The zero-order valence-corrected chi connectivity index (χ0v) is 8.30. The molecule has 0 spiro atoms.